The molecule has 1 aromatic carbocycles. The van der Waals surface area contributed by atoms with Crippen molar-refractivity contribution >= 4 is 10.0 Å². The summed E-state index contributed by atoms with van der Waals surface area (Å²) in [5, 5.41) is 4.93. The number of ether oxygens (including phenoxy) is 1. The first-order valence-electron chi connectivity index (χ1n) is 6.16. The molecule has 0 bridgehead atoms. The second-order valence-electron chi connectivity index (χ2n) is 4.42. The van der Waals surface area contributed by atoms with Gasteiger partial charge in [0.15, 0.2) is 0 Å². The molecule has 0 saturated heterocycles. The molecular formula is C13H21NO3S. The molecular weight excluding hydrogens is 250 g/mol. The van der Waals surface area contributed by atoms with Gasteiger partial charge in [0.25, 0.3) is 0 Å². The molecule has 2 N–H and O–H groups in total. The minimum absolute atomic E-state index is 0.0432. The Labute approximate surface area is 109 Å². The van der Waals surface area contributed by atoms with Crippen molar-refractivity contribution in [3.8, 4) is 5.75 Å². The average Bonchev–Trinajstić information content (AvgIpc) is 2.33. The molecule has 0 saturated carbocycles. The zero-order valence-corrected chi connectivity index (χ0v) is 11.7. The monoisotopic (exact) mass is 271 g/mol. The van der Waals surface area contributed by atoms with Gasteiger partial charge in [0.2, 0.25) is 10.0 Å². The van der Waals surface area contributed by atoms with Crippen LogP contribution in [0.4, 0.5) is 0 Å². The van der Waals surface area contributed by atoms with Crippen LogP contribution in [0.25, 0.3) is 0 Å². The maximum absolute atomic E-state index is 10.8. The number of para-hydroxylation sites is 1. The topological polar surface area (TPSA) is 69.4 Å². The molecule has 0 radical (unpaired) electrons. The fraction of sp³-hybridized carbons (Fsp3) is 0.538. The second-order valence-corrected chi connectivity index (χ2v) is 6.15. The smallest absolute Gasteiger partial charge is 0.209 e. The molecule has 0 heterocycles. The van der Waals surface area contributed by atoms with Crippen LogP contribution in [0.3, 0.4) is 0 Å². The van der Waals surface area contributed by atoms with Crippen LogP contribution in [-0.4, -0.2) is 20.8 Å². The molecule has 1 aromatic rings. The average molecular weight is 271 g/mol. The van der Waals surface area contributed by atoms with E-state index in [1.54, 1.807) is 0 Å². The van der Waals surface area contributed by atoms with Crippen LogP contribution in [0.1, 0.15) is 38.2 Å². The quantitative estimate of drug-likeness (QED) is 0.773. The maximum Gasteiger partial charge on any atom is 0.209 e. The minimum Gasteiger partial charge on any atom is -0.493 e. The van der Waals surface area contributed by atoms with Gasteiger partial charge in [-0.3, -0.25) is 0 Å². The van der Waals surface area contributed by atoms with E-state index < -0.39 is 10.0 Å². The number of benzene rings is 1. The normalized spacial score (nSPS) is 13.3. The van der Waals surface area contributed by atoms with Crippen LogP contribution in [0.2, 0.25) is 0 Å². The van der Waals surface area contributed by atoms with Gasteiger partial charge in [0.05, 0.1) is 12.4 Å². The SMILES string of the molecule is CCC(C)c1ccccc1OCCCS(N)(=O)=O. The molecule has 102 valence electrons. The lowest BCUT2D eigenvalue weighted by Gasteiger charge is -2.15. The molecule has 1 atom stereocenters. The van der Waals surface area contributed by atoms with E-state index >= 15 is 0 Å². The first-order chi connectivity index (χ1) is 8.44. The minimum atomic E-state index is -3.39. The van der Waals surface area contributed by atoms with Crippen molar-refractivity contribution in [1.29, 1.82) is 0 Å². The number of primary sulfonamides is 1. The largest absolute Gasteiger partial charge is 0.493 e. The Morgan fingerprint density at radius 3 is 2.61 bits per heavy atom. The highest BCUT2D eigenvalue weighted by molar-refractivity contribution is 7.89. The summed E-state index contributed by atoms with van der Waals surface area (Å²) in [6, 6.07) is 7.86. The van der Waals surface area contributed by atoms with E-state index in [0.717, 1.165) is 17.7 Å². The van der Waals surface area contributed by atoms with Gasteiger partial charge in [-0.2, -0.15) is 0 Å². The molecule has 0 spiro atoms. The van der Waals surface area contributed by atoms with Crippen molar-refractivity contribution in [2.45, 2.75) is 32.6 Å². The van der Waals surface area contributed by atoms with Crippen molar-refractivity contribution < 1.29 is 13.2 Å². The van der Waals surface area contributed by atoms with Crippen LogP contribution < -0.4 is 9.88 Å². The Bertz CT molecular complexity index is 471. The van der Waals surface area contributed by atoms with Crippen LogP contribution in [0.15, 0.2) is 24.3 Å². The van der Waals surface area contributed by atoms with Gasteiger partial charge < -0.3 is 4.74 Å². The molecule has 5 heteroatoms. The highest BCUT2D eigenvalue weighted by Gasteiger charge is 2.09. The molecule has 1 rings (SSSR count). The summed E-state index contributed by atoms with van der Waals surface area (Å²) in [6.45, 7) is 4.64. The predicted molar refractivity (Wildman–Crippen MR) is 73.2 cm³/mol. The van der Waals surface area contributed by atoms with Crippen LogP contribution >= 0.6 is 0 Å². The number of sulfonamides is 1. The van der Waals surface area contributed by atoms with E-state index in [-0.39, 0.29) is 5.75 Å². The Balaban J connectivity index is 2.57. The lowest BCUT2D eigenvalue weighted by Crippen LogP contribution is -2.18. The molecule has 18 heavy (non-hydrogen) atoms. The molecule has 0 amide bonds. The summed E-state index contributed by atoms with van der Waals surface area (Å²) in [7, 11) is -3.39. The summed E-state index contributed by atoms with van der Waals surface area (Å²) < 4.78 is 27.2. The lowest BCUT2D eigenvalue weighted by atomic mass is 9.98. The Hall–Kier alpha value is -1.07. The van der Waals surface area contributed by atoms with Crippen LogP contribution in [-0.2, 0) is 10.0 Å². The zero-order chi connectivity index (χ0) is 13.6. The Kier molecular flexibility index (Phi) is 5.62. The van der Waals surface area contributed by atoms with E-state index in [9.17, 15) is 8.42 Å². The maximum atomic E-state index is 10.8. The van der Waals surface area contributed by atoms with E-state index in [2.05, 4.69) is 13.8 Å². The van der Waals surface area contributed by atoms with E-state index in [0.29, 0.717) is 18.9 Å². The van der Waals surface area contributed by atoms with Gasteiger partial charge in [-0.1, -0.05) is 32.0 Å². The number of rotatable bonds is 7. The van der Waals surface area contributed by atoms with Crippen LogP contribution in [0.5, 0.6) is 5.75 Å². The molecule has 0 aromatic heterocycles. The molecule has 0 aliphatic rings. The summed E-state index contributed by atoms with van der Waals surface area (Å²) in [6.07, 6.45) is 1.45. The standard InChI is InChI=1S/C13H21NO3S/c1-3-11(2)12-7-4-5-8-13(12)17-9-6-10-18(14,15)16/h4-5,7-8,11H,3,6,9-10H2,1-2H3,(H2,14,15,16). The van der Waals surface area contributed by atoms with Gasteiger partial charge in [-0.25, -0.2) is 13.6 Å². The molecule has 0 fully saturated rings. The third-order valence-corrected chi connectivity index (χ3v) is 3.75. The highest BCUT2D eigenvalue weighted by Crippen LogP contribution is 2.28. The van der Waals surface area contributed by atoms with Gasteiger partial charge in [0, 0.05) is 0 Å². The van der Waals surface area contributed by atoms with Crippen molar-refractivity contribution in [3.05, 3.63) is 29.8 Å². The van der Waals surface area contributed by atoms with Crippen molar-refractivity contribution in [3.63, 3.8) is 0 Å². The Morgan fingerprint density at radius 2 is 2.00 bits per heavy atom. The van der Waals surface area contributed by atoms with Gasteiger partial charge in [-0.05, 0) is 30.4 Å². The summed E-state index contributed by atoms with van der Waals surface area (Å²) in [5.41, 5.74) is 1.16. The zero-order valence-electron chi connectivity index (χ0n) is 10.9. The number of hydrogen-bond donors (Lipinski definition) is 1. The van der Waals surface area contributed by atoms with Crippen molar-refractivity contribution in [2.75, 3.05) is 12.4 Å². The summed E-state index contributed by atoms with van der Waals surface area (Å²) >= 11 is 0. The number of nitrogens with two attached hydrogens (primary N) is 1. The van der Waals surface area contributed by atoms with Gasteiger partial charge >= 0.3 is 0 Å². The van der Waals surface area contributed by atoms with Crippen LogP contribution in [0, 0.1) is 0 Å². The third kappa shape index (κ3) is 5.06. The predicted octanol–water partition coefficient (Wildman–Crippen LogP) is 2.26. The fourth-order valence-electron chi connectivity index (χ4n) is 1.68. The molecule has 1 unspecified atom stereocenters. The lowest BCUT2D eigenvalue weighted by molar-refractivity contribution is 0.312. The van der Waals surface area contributed by atoms with E-state index in [4.69, 9.17) is 9.88 Å². The van der Waals surface area contributed by atoms with Crippen molar-refractivity contribution in [1.82, 2.24) is 0 Å². The van der Waals surface area contributed by atoms with Gasteiger partial charge in [-0.15, -0.1) is 0 Å². The summed E-state index contributed by atoms with van der Waals surface area (Å²) in [4.78, 5) is 0. The van der Waals surface area contributed by atoms with E-state index in [1.165, 1.54) is 0 Å². The van der Waals surface area contributed by atoms with E-state index in [1.807, 2.05) is 24.3 Å². The van der Waals surface area contributed by atoms with Gasteiger partial charge in [0.1, 0.15) is 5.75 Å². The fourth-order valence-corrected chi connectivity index (χ4v) is 2.20. The molecule has 0 aliphatic heterocycles. The molecule has 0 aliphatic carbocycles. The second kappa shape index (κ2) is 6.75. The number of hydrogen-bond acceptors (Lipinski definition) is 3. The third-order valence-electron chi connectivity index (χ3n) is 2.89. The highest BCUT2D eigenvalue weighted by atomic mass is 32.2. The first-order valence-corrected chi connectivity index (χ1v) is 7.87. The van der Waals surface area contributed by atoms with Crippen molar-refractivity contribution in [2.24, 2.45) is 5.14 Å². The molecule has 4 nitrogen and oxygen atoms in total. The first kappa shape index (κ1) is 15.0. The summed E-state index contributed by atoms with van der Waals surface area (Å²) in [5.74, 6) is 1.22. The Morgan fingerprint density at radius 1 is 1.33 bits per heavy atom.